The monoisotopic (exact) mass is 199 g/mol. The van der Waals surface area contributed by atoms with E-state index in [0.717, 1.165) is 45.1 Å². The van der Waals surface area contributed by atoms with Crippen LogP contribution in [0.1, 0.15) is 51.9 Å². The zero-order valence-electron chi connectivity index (χ0n) is 9.01. The molecule has 2 N–H and O–H groups in total. The van der Waals surface area contributed by atoms with Gasteiger partial charge in [-0.25, -0.2) is 0 Å². The van der Waals surface area contributed by atoms with E-state index in [1.165, 1.54) is 6.42 Å². The van der Waals surface area contributed by atoms with E-state index in [1.54, 1.807) is 0 Å². The fraction of sp³-hybridized carbons (Fsp3) is 0.909. The first-order chi connectivity index (χ1) is 6.71. The number of rotatable bonds is 5. The molecule has 0 aromatic heterocycles. The molecule has 1 rings (SSSR count). The highest BCUT2D eigenvalue weighted by molar-refractivity contribution is 5.78. The smallest absolute Gasteiger partial charge is 0.323 e. The van der Waals surface area contributed by atoms with Crippen molar-refractivity contribution in [2.75, 3.05) is 6.54 Å². The second-order valence-corrected chi connectivity index (χ2v) is 4.23. The summed E-state index contributed by atoms with van der Waals surface area (Å²) in [7, 11) is 0. The van der Waals surface area contributed by atoms with Crippen molar-refractivity contribution >= 4 is 5.97 Å². The van der Waals surface area contributed by atoms with Gasteiger partial charge in [0.2, 0.25) is 0 Å². The maximum absolute atomic E-state index is 11.2. The molecule has 0 heterocycles. The van der Waals surface area contributed by atoms with E-state index in [4.69, 9.17) is 0 Å². The van der Waals surface area contributed by atoms with Gasteiger partial charge < -0.3 is 10.4 Å². The second kappa shape index (κ2) is 5.35. The van der Waals surface area contributed by atoms with Crippen molar-refractivity contribution in [2.24, 2.45) is 0 Å². The zero-order valence-corrected chi connectivity index (χ0v) is 9.01. The molecule has 3 nitrogen and oxygen atoms in total. The van der Waals surface area contributed by atoms with Crippen molar-refractivity contribution < 1.29 is 9.90 Å². The molecule has 14 heavy (non-hydrogen) atoms. The summed E-state index contributed by atoms with van der Waals surface area (Å²) in [5, 5.41) is 12.5. The van der Waals surface area contributed by atoms with Crippen LogP contribution in [0.15, 0.2) is 0 Å². The van der Waals surface area contributed by atoms with Crippen LogP contribution in [0.2, 0.25) is 0 Å². The third-order valence-corrected chi connectivity index (χ3v) is 3.11. The molecule has 0 spiro atoms. The van der Waals surface area contributed by atoms with E-state index in [9.17, 15) is 9.90 Å². The van der Waals surface area contributed by atoms with Gasteiger partial charge in [0, 0.05) is 0 Å². The number of carbonyl (C=O) groups is 1. The van der Waals surface area contributed by atoms with Crippen molar-refractivity contribution in [3.05, 3.63) is 0 Å². The average Bonchev–Trinajstić information content (AvgIpc) is 2.19. The van der Waals surface area contributed by atoms with E-state index < -0.39 is 11.5 Å². The Morgan fingerprint density at radius 3 is 2.50 bits per heavy atom. The minimum atomic E-state index is -0.659. The first-order valence-corrected chi connectivity index (χ1v) is 5.70. The fourth-order valence-corrected chi connectivity index (χ4v) is 2.13. The van der Waals surface area contributed by atoms with Gasteiger partial charge in [-0.2, -0.15) is 0 Å². The van der Waals surface area contributed by atoms with Gasteiger partial charge in [0.25, 0.3) is 0 Å². The molecule has 0 bridgehead atoms. The maximum Gasteiger partial charge on any atom is 0.323 e. The Labute approximate surface area is 85.9 Å². The molecule has 0 amide bonds. The number of carboxylic acids is 1. The lowest BCUT2D eigenvalue weighted by molar-refractivity contribution is -0.146. The van der Waals surface area contributed by atoms with Crippen molar-refractivity contribution in [1.82, 2.24) is 5.32 Å². The van der Waals surface area contributed by atoms with Gasteiger partial charge in [0.15, 0.2) is 0 Å². The molecule has 1 aliphatic carbocycles. The molecular formula is C11H21NO2. The third kappa shape index (κ3) is 2.71. The highest BCUT2D eigenvalue weighted by atomic mass is 16.4. The van der Waals surface area contributed by atoms with Crippen molar-refractivity contribution in [2.45, 2.75) is 57.4 Å². The van der Waals surface area contributed by atoms with E-state index in [-0.39, 0.29) is 0 Å². The molecule has 0 aliphatic heterocycles. The van der Waals surface area contributed by atoms with Crippen molar-refractivity contribution in [1.29, 1.82) is 0 Å². The van der Waals surface area contributed by atoms with Gasteiger partial charge >= 0.3 is 5.97 Å². The van der Waals surface area contributed by atoms with Crippen LogP contribution in [0.4, 0.5) is 0 Å². The summed E-state index contributed by atoms with van der Waals surface area (Å²) in [6.45, 7) is 2.96. The molecule has 0 aromatic rings. The highest BCUT2D eigenvalue weighted by Gasteiger charge is 2.38. The molecule has 3 heteroatoms. The van der Waals surface area contributed by atoms with E-state index in [0.29, 0.717) is 0 Å². The van der Waals surface area contributed by atoms with Gasteiger partial charge in [0.05, 0.1) is 0 Å². The minimum Gasteiger partial charge on any atom is -0.480 e. The summed E-state index contributed by atoms with van der Waals surface area (Å²) in [5.41, 5.74) is -0.604. The minimum absolute atomic E-state index is 0.604. The molecule has 82 valence electrons. The summed E-state index contributed by atoms with van der Waals surface area (Å²) in [5.74, 6) is -0.659. The van der Waals surface area contributed by atoms with E-state index >= 15 is 0 Å². The molecule has 1 saturated carbocycles. The normalized spacial score (nSPS) is 20.6. The topological polar surface area (TPSA) is 49.3 Å². The molecular weight excluding hydrogens is 178 g/mol. The SMILES string of the molecule is CCCCNC1(C(=O)O)CCCCC1. The van der Waals surface area contributed by atoms with Crippen LogP contribution >= 0.6 is 0 Å². The van der Waals surface area contributed by atoms with Crippen LogP contribution in [-0.2, 0) is 4.79 Å². The summed E-state index contributed by atoms with van der Waals surface area (Å²) in [4.78, 5) is 11.2. The Morgan fingerprint density at radius 2 is 2.00 bits per heavy atom. The van der Waals surface area contributed by atoms with Crippen LogP contribution in [0, 0.1) is 0 Å². The summed E-state index contributed by atoms with van der Waals surface area (Å²) >= 11 is 0. The predicted molar refractivity (Wildman–Crippen MR) is 56.4 cm³/mol. The Hall–Kier alpha value is -0.570. The molecule has 1 fully saturated rings. The van der Waals surface area contributed by atoms with Crippen LogP contribution in [-0.4, -0.2) is 23.2 Å². The van der Waals surface area contributed by atoms with Crippen LogP contribution < -0.4 is 5.32 Å². The Kier molecular flexibility index (Phi) is 4.39. The third-order valence-electron chi connectivity index (χ3n) is 3.11. The summed E-state index contributed by atoms with van der Waals surface area (Å²) in [6, 6.07) is 0. The molecule has 1 aliphatic rings. The number of nitrogens with one attached hydrogen (secondary N) is 1. The van der Waals surface area contributed by atoms with Gasteiger partial charge in [-0.05, 0) is 25.8 Å². The standard InChI is InChI=1S/C11H21NO2/c1-2-3-9-12-11(10(13)14)7-5-4-6-8-11/h12H,2-9H2,1H3,(H,13,14). The lowest BCUT2D eigenvalue weighted by atomic mass is 9.81. The largest absolute Gasteiger partial charge is 0.480 e. The number of carboxylic acid groups (broad SMARTS) is 1. The summed E-state index contributed by atoms with van der Waals surface area (Å²) < 4.78 is 0. The van der Waals surface area contributed by atoms with E-state index in [1.807, 2.05) is 0 Å². The molecule has 0 unspecified atom stereocenters. The number of unbranched alkanes of at least 4 members (excludes halogenated alkanes) is 1. The Morgan fingerprint density at radius 1 is 1.36 bits per heavy atom. The summed E-state index contributed by atoms with van der Waals surface area (Å²) in [6.07, 6.45) is 7.05. The first kappa shape index (κ1) is 11.5. The van der Waals surface area contributed by atoms with Crippen molar-refractivity contribution in [3.8, 4) is 0 Å². The molecule has 0 aromatic carbocycles. The average molecular weight is 199 g/mol. The number of hydrogen-bond acceptors (Lipinski definition) is 2. The zero-order chi connectivity index (χ0) is 10.4. The number of hydrogen-bond donors (Lipinski definition) is 2. The maximum atomic E-state index is 11.2. The molecule has 0 atom stereocenters. The Balaban J connectivity index is 2.47. The molecule has 0 saturated heterocycles. The molecule has 0 radical (unpaired) electrons. The van der Waals surface area contributed by atoms with Gasteiger partial charge in [-0.15, -0.1) is 0 Å². The number of aliphatic carboxylic acids is 1. The van der Waals surface area contributed by atoms with Crippen LogP contribution in [0.3, 0.4) is 0 Å². The lowest BCUT2D eigenvalue weighted by Gasteiger charge is -2.34. The van der Waals surface area contributed by atoms with Gasteiger partial charge in [-0.3, -0.25) is 4.79 Å². The van der Waals surface area contributed by atoms with Crippen molar-refractivity contribution in [3.63, 3.8) is 0 Å². The van der Waals surface area contributed by atoms with Crippen LogP contribution in [0.25, 0.3) is 0 Å². The first-order valence-electron chi connectivity index (χ1n) is 5.70. The van der Waals surface area contributed by atoms with Gasteiger partial charge in [-0.1, -0.05) is 32.6 Å². The quantitative estimate of drug-likeness (QED) is 0.667. The second-order valence-electron chi connectivity index (χ2n) is 4.23. The fourth-order valence-electron chi connectivity index (χ4n) is 2.13. The van der Waals surface area contributed by atoms with Gasteiger partial charge in [0.1, 0.15) is 5.54 Å². The Bertz CT molecular complexity index is 186. The van der Waals surface area contributed by atoms with E-state index in [2.05, 4.69) is 12.2 Å². The lowest BCUT2D eigenvalue weighted by Crippen LogP contribution is -2.53. The predicted octanol–water partition coefficient (Wildman–Crippen LogP) is 2.16. The highest BCUT2D eigenvalue weighted by Crippen LogP contribution is 2.28. The van der Waals surface area contributed by atoms with Crippen LogP contribution in [0.5, 0.6) is 0 Å².